The number of halogens is 2. The van der Waals surface area contributed by atoms with Gasteiger partial charge in [0, 0.05) is 30.9 Å². The van der Waals surface area contributed by atoms with Gasteiger partial charge in [-0.15, -0.1) is 0 Å². The Hall–Kier alpha value is -2.69. The van der Waals surface area contributed by atoms with Crippen molar-refractivity contribution in [3.8, 4) is 16.9 Å². The largest absolute Gasteiger partial charge is 0.489 e. The lowest BCUT2D eigenvalue weighted by Gasteiger charge is -2.09. The van der Waals surface area contributed by atoms with Gasteiger partial charge in [0.05, 0.1) is 11.8 Å². The number of rotatable bonds is 4. The number of hydrogen-bond acceptors (Lipinski definition) is 2. The van der Waals surface area contributed by atoms with Crippen LogP contribution in [-0.4, -0.2) is 9.78 Å². The highest BCUT2D eigenvalue weighted by Crippen LogP contribution is 2.29. The zero-order valence-electron chi connectivity index (χ0n) is 12.0. The molecule has 0 radical (unpaired) electrons. The first-order chi connectivity index (χ1) is 10.6. The summed E-state index contributed by atoms with van der Waals surface area (Å²) >= 11 is 0. The highest BCUT2D eigenvalue weighted by molar-refractivity contribution is 5.64. The van der Waals surface area contributed by atoms with E-state index in [1.807, 2.05) is 30.3 Å². The van der Waals surface area contributed by atoms with Crippen molar-refractivity contribution in [2.24, 2.45) is 7.05 Å². The minimum Gasteiger partial charge on any atom is -0.489 e. The normalized spacial score (nSPS) is 10.7. The summed E-state index contributed by atoms with van der Waals surface area (Å²) in [7, 11) is 1.69. The fourth-order valence-electron chi connectivity index (χ4n) is 2.20. The summed E-state index contributed by atoms with van der Waals surface area (Å²) in [5, 5.41) is 3.93. The van der Waals surface area contributed by atoms with Crippen molar-refractivity contribution in [1.82, 2.24) is 9.78 Å². The van der Waals surface area contributed by atoms with E-state index in [4.69, 9.17) is 4.74 Å². The summed E-state index contributed by atoms with van der Waals surface area (Å²) in [6, 6.07) is 11.8. The average Bonchev–Trinajstić information content (AvgIpc) is 2.92. The van der Waals surface area contributed by atoms with Crippen molar-refractivity contribution >= 4 is 0 Å². The number of aromatic nitrogens is 2. The predicted molar refractivity (Wildman–Crippen MR) is 79.3 cm³/mol. The Morgan fingerprint density at radius 1 is 1.09 bits per heavy atom. The highest BCUT2D eigenvalue weighted by atomic mass is 19.1. The molecule has 0 N–H and O–H groups in total. The van der Waals surface area contributed by atoms with E-state index in [1.165, 1.54) is 23.0 Å². The van der Waals surface area contributed by atoms with Crippen molar-refractivity contribution in [1.29, 1.82) is 0 Å². The predicted octanol–water partition coefficient (Wildman–Crippen LogP) is 3.94. The second kappa shape index (κ2) is 5.97. The van der Waals surface area contributed by atoms with Crippen LogP contribution in [0.3, 0.4) is 0 Å². The molecule has 0 spiro atoms. The van der Waals surface area contributed by atoms with E-state index in [9.17, 15) is 8.78 Å². The van der Waals surface area contributed by atoms with E-state index in [1.54, 1.807) is 13.2 Å². The summed E-state index contributed by atoms with van der Waals surface area (Å²) in [4.78, 5) is 0. The van der Waals surface area contributed by atoms with Crippen LogP contribution in [-0.2, 0) is 13.7 Å². The maximum absolute atomic E-state index is 14.2. The first-order valence-electron chi connectivity index (χ1n) is 6.78. The fourth-order valence-corrected chi connectivity index (χ4v) is 2.20. The van der Waals surface area contributed by atoms with E-state index < -0.39 is 11.6 Å². The molecule has 0 aliphatic heterocycles. The van der Waals surface area contributed by atoms with Gasteiger partial charge in [0.1, 0.15) is 24.0 Å². The lowest BCUT2D eigenvalue weighted by Crippen LogP contribution is -1.98. The lowest BCUT2D eigenvalue weighted by atomic mass is 10.1. The van der Waals surface area contributed by atoms with E-state index in [0.29, 0.717) is 5.56 Å². The van der Waals surface area contributed by atoms with Crippen molar-refractivity contribution in [3.05, 3.63) is 72.1 Å². The highest BCUT2D eigenvalue weighted by Gasteiger charge is 2.15. The van der Waals surface area contributed by atoms with Crippen LogP contribution in [0.4, 0.5) is 8.78 Å². The zero-order valence-corrected chi connectivity index (χ0v) is 12.0. The molecule has 5 heteroatoms. The Balaban J connectivity index is 1.83. The molecular formula is C17H14F2N2O. The van der Waals surface area contributed by atoms with Gasteiger partial charge in [-0.2, -0.15) is 5.10 Å². The quantitative estimate of drug-likeness (QED) is 0.729. The molecule has 0 atom stereocenters. The molecule has 3 rings (SSSR count). The molecule has 112 valence electrons. The van der Waals surface area contributed by atoms with Crippen molar-refractivity contribution in [2.45, 2.75) is 6.61 Å². The molecule has 0 amide bonds. The second-order valence-corrected chi connectivity index (χ2v) is 4.94. The molecule has 22 heavy (non-hydrogen) atoms. The Morgan fingerprint density at radius 2 is 1.77 bits per heavy atom. The molecule has 3 aromatic rings. The molecular weight excluding hydrogens is 286 g/mol. The Bertz CT molecular complexity index is 761. The summed E-state index contributed by atoms with van der Waals surface area (Å²) in [5.41, 5.74) is 1.23. The van der Waals surface area contributed by atoms with Gasteiger partial charge >= 0.3 is 0 Å². The van der Waals surface area contributed by atoms with Crippen molar-refractivity contribution in [2.75, 3.05) is 0 Å². The third-order valence-electron chi connectivity index (χ3n) is 3.26. The van der Waals surface area contributed by atoms with Gasteiger partial charge in [-0.3, -0.25) is 4.68 Å². The van der Waals surface area contributed by atoms with Crippen LogP contribution >= 0.6 is 0 Å². The first kappa shape index (κ1) is 14.3. The lowest BCUT2D eigenvalue weighted by molar-refractivity contribution is 0.303. The maximum atomic E-state index is 14.2. The number of nitrogens with zero attached hydrogens (tertiary/aromatic N) is 2. The molecule has 2 aromatic carbocycles. The number of benzene rings is 2. The topological polar surface area (TPSA) is 27.1 Å². The molecule has 1 aromatic heterocycles. The SMILES string of the molecule is Cn1cc(-c2c(F)cc(OCc3ccccc3)cc2F)cn1. The first-order valence-corrected chi connectivity index (χ1v) is 6.78. The Kier molecular flexibility index (Phi) is 3.87. The molecule has 0 bridgehead atoms. The van der Waals surface area contributed by atoms with Gasteiger partial charge in [-0.25, -0.2) is 8.78 Å². The van der Waals surface area contributed by atoms with Gasteiger partial charge < -0.3 is 4.74 Å². The standard InChI is InChI=1S/C17H14F2N2O/c1-21-10-13(9-20-21)17-15(18)7-14(8-16(17)19)22-11-12-5-3-2-4-6-12/h2-10H,11H2,1H3. The molecule has 3 nitrogen and oxygen atoms in total. The fraction of sp³-hybridized carbons (Fsp3) is 0.118. The summed E-state index contributed by atoms with van der Waals surface area (Å²) in [5.74, 6) is -1.18. The van der Waals surface area contributed by atoms with E-state index in [0.717, 1.165) is 5.56 Å². The van der Waals surface area contributed by atoms with Crippen LogP contribution in [0.15, 0.2) is 54.9 Å². The minimum absolute atomic E-state index is 0.0971. The summed E-state index contributed by atoms with van der Waals surface area (Å²) < 4.78 is 35.3. The Morgan fingerprint density at radius 3 is 2.36 bits per heavy atom. The van der Waals surface area contributed by atoms with Gasteiger partial charge in [0.25, 0.3) is 0 Å². The Labute approximate surface area is 126 Å². The van der Waals surface area contributed by atoms with Crippen LogP contribution in [0.25, 0.3) is 11.1 Å². The van der Waals surface area contributed by atoms with Crippen molar-refractivity contribution < 1.29 is 13.5 Å². The number of aryl methyl sites for hydroxylation is 1. The minimum atomic E-state index is -0.670. The van der Waals surface area contributed by atoms with Crippen LogP contribution in [0, 0.1) is 11.6 Å². The molecule has 0 unspecified atom stereocenters. The van der Waals surface area contributed by atoms with Crippen molar-refractivity contribution in [3.63, 3.8) is 0 Å². The smallest absolute Gasteiger partial charge is 0.137 e. The molecule has 0 aliphatic rings. The van der Waals surface area contributed by atoms with E-state index >= 15 is 0 Å². The summed E-state index contributed by atoms with van der Waals surface area (Å²) in [6.07, 6.45) is 2.98. The van der Waals surface area contributed by atoms with Gasteiger partial charge in [-0.05, 0) is 5.56 Å². The van der Waals surface area contributed by atoms with Crippen LogP contribution < -0.4 is 4.74 Å². The third-order valence-corrected chi connectivity index (χ3v) is 3.26. The van der Waals surface area contributed by atoms with Gasteiger partial charge in [0.15, 0.2) is 0 Å². The second-order valence-electron chi connectivity index (χ2n) is 4.94. The summed E-state index contributed by atoms with van der Waals surface area (Å²) in [6.45, 7) is 0.256. The molecule has 0 saturated carbocycles. The molecule has 0 fully saturated rings. The van der Waals surface area contributed by atoms with Crippen LogP contribution in [0.1, 0.15) is 5.56 Å². The monoisotopic (exact) mass is 300 g/mol. The van der Waals surface area contributed by atoms with Gasteiger partial charge in [-0.1, -0.05) is 30.3 Å². The average molecular weight is 300 g/mol. The number of ether oxygens (including phenoxy) is 1. The van der Waals surface area contributed by atoms with Crippen LogP contribution in [0.2, 0.25) is 0 Å². The molecule has 0 saturated heterocycles. The zero-order chi connectivity index (χ0) is 15.5. The van der Waals surface area contributed by atoms with Crippen LogP contribution in [0.5, 0.6) is 5.75 Å². The molecule has 1 heterocycles. The van der Waals surface area contributed by atoms with E-state index in [-0.39, 0.29) is 17.9 Å². The maximum Gasteiger partial charge on any atom is 0.137 e. The van der Waals surface area contributed by atoms with Gasteiger partial charge in [0.2, 0.25) is 0 Å². The third kappa shape index (κ3) is 2.98. The molecule has 0 aliphatic carbocycles. The number of hydrogen-bond donors (Lipinski definition) is 0. The van der Waals surface area contributed by atoms with E-state index in [2.05, 4.69) is 5.10 Å².